The summed E-state index contributed by atoms with van der Waals surface area (Å²) >= 11 is 23.7. The van der Waals surface area contributed by atoms with E-state index in [1.165, 1.54) is 36.4 Å². The molecule has 2 aromatic carbocycles. The van der Waals surface area contributed by atoms with Crippen LogP contribution in [0.3, 0.4) is 0 Å². The molecule has 168 valence electrons. The number of alkyl halides is 3. The molecule has 0 saturated heterocycles. The van der Waals surface area contributed by atoms with E-state index in [2.05, 4.69) is 15.7 Å². The van der Waals surface area contributed by atoms with Crippen LogP contribution < -0.4 is 10.6 Å². The van der Waals surface area contributed by atoms with Gasteiger partial charge in [0.05, 0.1) is 26.1 Å². The minimum Gasteiger partial charge on any atom is -0.363 e. The second-order valence-electron chi connectivity index (χ2n) is 7.11. The first-order valence-electron chi connectivity index (χ1n) is 9.17. The molecule has 0 radical (unpaired) electrons. The molecule has 1 aromatic heterocycles. The normalized spacial score (nSPS) is 18.1. The van der Waals surface area contributed by atoms with Crippen LogP contribution in [0.2, 0.25) is 20.1 Å². The Labute approximate surface area is 200 Å². The highest BCUT2D eigenvalue weighted by molar-refractivity contribution is 6.42. The second kappa shape index (κ2) is 8.67. The fourth-order valence-corrected chi connectivity index (χ4v) is 4.01. The summed E-state index contributed by atoms with van der Waals surface area (Å²) in [5, 5.41) is 10.5. The fourth-order valence-electron chi connectivity index (χ4n) is 3.40. The Hall–Kier alpha value is -2.13. The van der Waals surface area contributed by atoms with Crippen LogP contribution in [0.25, 0.3) is 0 Å². The number of aromatic nitrogens is 2. The Bertz CT molecular complexity index is 1200. The second-order valence-corrected chi connectivity index (χ2v) is 8.73. The maximum atomic E-state index is 13.8. The van der Waals surface area contributed by atoms with E-state index in [-0.39, 0.29) is 28.0 Å². The molecule has 0 aliphatic carbocycles. The van der Waals surface area contributed by atoms with Crippen molar-refractivity contribution in [3.63, 3.8) is 0 Å². The van der Waals surface area contributed by atoms with Gasteiger partial charge in [0.15, 0.2) is 11.7 Å². The molecule has 2 heterocycles. The maximum absolute atomic E-state index is 13.8. The average molecular weight is 524 g/mol. The van der Waals surface area contributed by atoms with Crippen LogP contribution in [-0.2, 0) is 0 Å². The number of fused-ring (bicyclic) bond motifs is 1. The minimum atomic E-state index is -4.59. The standard InChI is InChI=1S/C20H13Cl4F3N4O/c21-11-3-1-9(5-13(11)23)15-7-17(20(25,26)27)31-18(29-15)8-16(30-31)19(32)28-10-2-4-12(22)14(24)6-10/h1-6,8,15,17,29H,7H2,(H,28,32)/t15-,17+/m0/s1. The lowest BCUT2D eigenvalue weighted by atomic mass is 9.97. The molecular formula is C20H13Cl4F3N4O. The first kappa shape index (κ1) is 23.0. The zero-order valence-electron chi connectivity index (χ0n) is 15.9. The van der Waals surface area contributed by atoms with Crippen LogP contribution in [0.5, 0.6) is 0 Å². The van der Waals surface area contributed by atoms with E-state index in [4.69, 9.17) is 46.4 Å². The van der Waals surface area contributed by atoms with E-state index in [0.29, 0.717) is 21.3 Å². The number of amides is 1. The van der Waals surface area contributed by atoms with Crippen molar-refractivity contribution in [3.8, 4) is 0 Å². The van der Waals surface area contributed by atoms with E-state index >= 15 is 0 Å². The summed E-state index contributed by atoms with van der Waals surface area (Å²) < 4.78 is 42.3. The Morgan fingerprint density at radius 2 is 1.66 bits per heavy atom. The lowest BCUT2D eigenvalue weighted by Gasteiger charge is -2.33. The lowest BCUT2D eigenvalue weighted by Crippen LogP contribution is -2.35. The predicted molar refractivity (Wildman–Crippen MR) is 119 cm³/mol. The molecule has 3 aromatic rings. The fraction of sp³-hybridized carbons (Fsp3) is 0.200. The van der Waals surface area contributed by atoms with Crippen LogP contribution in [0, 0.1) is 0 Å². The van der Waals surface area contributed by atoms with Gasteiger partial charge in [-0.1, -0.05) is 52.5 Å². The van der Waals surface area contributed by atoms with Gasteiger partial charge in [0.25, 0.3) is 5.91 Å². The van der Waals surface area contributed by atoms with Crippen molar-refractivity contribution in [1.82, 2.24) is 9.78 Å². The molecule has 0 fully saturated rings. The Kier molecular flexibility index (Phi) is 6.24. The molecule has 0 unspecified atom stereocenters. The molecule has 0 saturated carbocycles. The topological polar surface area (TPSA) is 59.0 Å². The molecule has 0 bridgehead atoms. The monoisotopic (exact) mass is 522 g/mol. The largest absolute Gasteiger partial charge is 0.410 e. The number of carbonyl (C=O) groups excluding carboxylic acids is 1. The van der Waals surface area contributed by atoms with Crippen LogP contribution in [0.4, 0.5) is 24.7 Å². The van der Waals surface area contributed by atoms with Crippen molar-refractivity contribution in [2.45, 2.75) is 24.7 Å². The summed E-state index contributed by atoms with van der Waals surface area (Å²) in [6, 6.07) is 7.66. The number of hydrogen-bond acceptors (Lipinski definition) is 3. The third kappa shape index (κ3) is 4.64. The zero-order valence-corrected chi connectivity index (χ0v) is 18.9. The van der Waals surface area contributed by atoms with Gasteiger partial charge in [-0.15, -0.1) is 0 Å². The summed E-state index contributed by atoms with van der Waals surface area (Å²) in [5.74, 6) is -0.645. The molecule has 1 aliphatic heterocycles. The number of nitrogens with zero attached hydrogens (tertiary/aromatic N) is 2. The molecule has 32 heavy (non-hydrogen) atoms. The van der Waals surface area contributed by atoms with Crippen molar-refractivity contribution >= 4 is 63.8 Å². The number of hydrogen-bond donors (Lipinski definition) is 2. The maximum Gasteiger partial charge on any atom is 0.410 e. The molecule has 4 rings (SSSR count). The highest BCUT2D eigenvalue weighted by Gasteiger charge is 2.46. The van der Waals surface area contributed by atoms with Crippen molar-refractivity contribution in [2.24, 2.45) is 0 Å². The third-order valence-corrected chi connectivity index (χ3v) is 6.42. The highest BCUT2D eigenvalue weighted by atomic mass is 35.5. The first-order valence-corrected chi connectivity index (χ1v) is 10.7. The van der Waals surface area contributed by atoms with Crippen LogP contribution in [0.15, 0.2) is 42.5 Å². The van der Waals surface area contributed by atoms with Crippen molar-refractivity contribution in [1.29, 1.82) is 0 Å². The first-order chi connectivity index (χ1) is 15.0. The highest BCUT2D eigenvalue weighted by Crippen LogP contribution is 2.44. The molecule has 1 aliphatic rings. The van der Waals surface area contributed by atoms with E-state index in [0.717, 1.165) is 4.68 Å². The predicted octanol–water partition coefficient (Wildman–Crippen LogP) is 7.41. The molecule has 2 N–H and O–H groups in total. The van der Waals surface area contributed by atoms with Gasteiger partial charge in [-0.25, -0.2) is 4.68 Å². The van der Waals surface area contributed by atoms with Gasteiger partial charge in [-0.2, -0.15) is 18.3 Å². The van der Waals surface area contributed by atoms with Crippen LogP contribution >= 0.6 is 46.4 Å². The Morgan fingerprint density at radius 3 is 2.28 bits per heavy atom. The molecule has 12 heteroatoms. The van der Waals surface area contributed by atoms with E-state index in [1.807, 2.05) is 0 Å². The third-order valence-electron chi connectivity index (χ3n) is 4.95. The van der Waals surface area contributed by atoms with Gasteiger partial charge < -0.3 is 10.6 Å². The van der Waals surface area contributed by atoms with Gasteiger partial charge in [-0.05, 0) is 35.9 Å². The number of nitrogens with one attached hydrogen (secondary N) is 2. The zero-order chi connectivity index (χ0) is 23.2. The quantitative estimate of drug-likeness (QED) is 0.375. The Morgan fingerprint density at radius 1 is 1.00 bits per heavy atom. The van der Waals surface area contributed by atoms with Crippen LogP contribution in [-0.4, -0.2) is 21.9 Å². The summed E-state index contributed by atoms with van der Waals surface area (Å²) in [6.07, 6.45) is -4.93. The summed E-state index contributed by atoms with van der Waals surface area (Å²) in [7, 11) is 0. The SMILES string of the molecule is O=C(Nc1ccc(Cl)c(Cl)c1)c1cc2n(n1)[C@@H](C(F)(F)F)C[C@@H](c1ccc(Cl)c(Cl)c1)N2. The van der Waals surface area contributed by atoms with Gasteiger partial charge in [0.1, 0.15) is 5.82 Å². The lowest BCUT2D eigenvalue weighted by molar-refractivity contribution is -0.173. The van der Waals surface area contributed by atoms with Crippen molar-refractivity contribution < 1.29 is 18.0 Å². The number of halogens is 7. The summed E-state index contributed by atoms with van der Waals surface area (Å²) in [6.45, 7) is 0. The van der Waals surface area contributed by atoms with Gasteiger partial charge in [0.2, 0.25) is 0 Å². The van der Waals surface area contributed by atoms with Crippen LogP contribution in [0.1, 0.15) is 34.6 Å². The summed E-state index contributed by atoms with van der Waals surface area (Å²) in [4.78, 5) is 12.6. The van der Waals surface area contributed by atoms with E-state index in [9.17, 15) is 18.0 Å². The molecular weight excluding hydrogens is 511 g/mol. The molecule has 5 nitrogen and oxygen atoms in total. The van der Waals surface area contributed by atoms with Gasteiger partial charge in [0, 0.05) is 18.2 Å². The van der Waals surface area contributed by atoms with E-state index in [1.54, 1.807) is 6.07 Å². The van der Waals surface area contributed by atoms with Crippen molar-refractivity contribution in [3.05, 3.63) is 73.8 Å². The average Bonchev–Trinajstić information content (AvgIpc) is 3.15. The number of anilines is 2. The van der Waals surface area contributed by atoms with Gasteiger partial charge >= 0.3 is 6.18 Å². The number of rotatable bonds is 3. The summed E-state index contributed by atoms with van der Waals surface area (Å²) in [5.41, 5.74) is 0.662. The van der Waals surface area contributed by atoms with Gasteiger partial charge in [-0.3, -0.25) is 4.79 Å². The Balaban J connectivity index is 1.64. The molecule has 0 spiro atoms. The van der Waals surface area contributed by atoms with E-state index < -0.39 is 24.2 Å². The minimum absolute atomic E-state index is 0.0499. The number of carbonyl (C=O) groups is 1. The number of benzene rings is 2. The smallest absolute Gasteiger partial charge is 0.363 e. The molecule has 1 amide bonds. The molecule has 2 atom stereocenters. The van der Waals surface area contributed by atoms with Crippen molar-refractivity contribution in [2.75, 3.05) is 10.6 Å².